The highest BCUT2D eigenvalue weighted by molar-refractivity contribution is 5.81. The molecule has 20 heavy (non-hydrogen) atoms. The molecular formula is C18H26N2. The molecule has 0 aliphatic carbocycles. The van der Waals surface area contributed by atoms with Crippen LogP contribution in [0.2, 0.25) is 0 Å². The van der Waals surface area contributed by atoms with Crippen molar-refractivity contribution < 1.29 is 0 Å². The first-order chi connectivity index (χ1) is 9.70. The van der Waals surface area contributed by atoms with E-state index in [1.165, 1.54) is 23.8 Å². The Hall–Kier alpha value is -1.41. The summed E-state index contributed by atoms with van der Waals surface area (Å²) in [6, 6.07) is 11.2. The van der Waals surface area contributed by atoms with Crippen LogP contribution in [0.4, 0.5) is 0 Å². The summed E-state index contributed by atoms with van der Waals surface area (Å²) < 4.78 is 0. The largest absolute Gasteiger partial charge is 0.314 e. The summed E-state index contributed by atoms with van der Waals surface area (Å²) in [5, 5.41) is 4.88. The molecule has 1 heterocycles. The molecule has 108 valence electrons. The van der Waals surface area contributed by atoms with Crippen LogP contribution in [0.1, 0.15) is 39.2 Å². The highest BCUT2D eigenvalue weighted by Crippen LogP contribution is 2.21. The Morgan fingerprint density at radius 3 is 2.75 bits per heavy atom. The van der Waals surface area contributed by atoms with Gasteiger partial charge in [-0.25, -0.2) is 0 Å². The van der Waals surface area contributed by atoms with Crippen LogP contribution in [-0.4, -0.2) is 17.6 Å². The zero-order valence-corrected chi connectivity index (χ0v) is 12.9. The van der Waals surface area contributed by atoms with E-state index in [4.69, 9.17) is 0 Å². The van der Waals surface area contributed by atoms with Gasteiger partial charge >= 0.3 is 0 Å². The van der Waals surface area contributed by atoms with Crippen LogP contribution in [0.15, 0.2) is 36.5 Å². The fourth-order valence-electron chi connectivity index (χ4n) is 2.87. The number of hydrogen-bond donors (Lipinski definition) is 1. The van der Waals surface area contributed by atoms with Crippen molar-refractivity contribution in [2.75, 3.05) is 6.54 Å². The van der Waals surface area contributed by atoms with Crippen LogP contribution in [-0.2, 0) is 6.42 Å². The topological polar surface area (TPSA) is 24.9 Å². The van der Waals surface area contributed by atoms with E-state index in [-0.39, 0.29) is 0 Å². The van der Waals surface area contributed by atoms with Crippen molar-refractivity contribution in [2.24, 2.45) is 5.92 Å². The van der Waals surface area contributed by atoms with Crippen LogP contribution < -0.4 is 5.32 Å². The summed E-state index contributed by atoms with van der Waals surface area (Å²) in [5.41, 5.74) is 2.53. The van der Waals surface area contributed by atoms with Crippen molar-refractivity contribution in [1.29, 1.82) is 0 Å². The second-order valence-electron chi connectivity index (χ2n) is 5.89. The lowest BCUT2D eigenvalue weighted by atomic mass is 9.93. The van der Waals surface area contributed by atoms with E-state index in [1.807, 2.05) is 6.20 Å². The van der Waals surface area contributed by atoms with Gasteiger partial charge in [-0.15, -0.1) is 0 Å². The summed E-state index contributed by atoms with van der Waals surface area (Å²) in [4.78, 5) is 4.44. The molecule has 0 aliphatic heterocycles. The summed E-state index contributed by atoms with van der Waals surface area (Å²) in [6.07, 6.45) is 5.48. The van der Waals surface area contributed by atoms with Gasteiger partial charge in [0.1, 0.15) is 0 Å². The van der Waals surface area contributed by atoms with Gasteiger partial charge in [-0.05, 0) is 56.3 Å². The van der Waals surface area contributed by atoms with Crippen LogP contribution in [0, 0.1) is 5.92 Å². The SMILES string of the molecule is CCCNC(C)CC(C)Cc1ccnc2ccccc12. The zero-order chi connectivity index (χ0) is 14.4. The Labute approximate surface area is 122 Å². The van der Waals surface area contributed by atoms with Gasteiger partial charge in [0.25, 0.3) is 0 Å². The molecule has 1 N–H and O–H groups in total. The van der Waals surface area contributed by atoms with Gasteiger partial charge in [-0.2, -0.15) is 0 Å². The maximum Gasteiger partial charge on any atom is 0.0704 e. The van der Waals surface area contributed by atoms with E-state index < -0.39 is 0 Å². The number of nitrogens with zero attached hydrogens (tertiary/aromatic N) is 1. The standard InChI is InChI=1S/C18H26N2/c1-4-10-19-15(3)12-14(2)13-16-9-11-20-18-8-6-5-7-17(16)18/h5-9,11,14-15,19H,4,10,12-13H2,1-3H3. The number of nitrogens with one attached hydrogen (secondary N) is 1. The van der Waals surface area contributed by atoms with Crippen molar-refractivity contribution in [3.8, 4) is 0 Å². The zero-order valence-electron chi connectivity index (χ0n) is 12.9. The fourth-order valence-corrected chi connectivity index (χ4v) is 2.87. The van der Waals surface area contributed by atoms with Crippen molar-refractivity contribution in [3.63, 3.8) is 0 Å². The highest BCUT2D eigenvalue weighted by Gasteiger charge is 2.10. The van der Waals surface area contributed by atoms with Crippen LogP contribution in [0.5, 0.6) is 0 Å². The average Bonchev–Trinajstić information content (AvgIpc) is 2.45. The predicted molar refractivity (Wildman–Crippen MR) is 87.0 cm³/mol. The molecule has 2 rings (SSSR count). The van der Waals surface area contributed by atoms with Crippen molar-refractivity contribution >= 4 is 10.9 Å². The number of benzene rings is 1. The Bertz CT molecular complexity index is 530. The number of aromatic nitrogens is 1. The minimum Gasteiger partial charge on any atom is -0.314 e. The number of rotatable bonds is 7. The van der Waals surface area contributed by atoms with Gasteiger partial charge in [0.2, 0.25) is 0 Å². The third-order valence-corrected chi connectivity index (χ3v) is 3.81. The molecule has 0 saturated heterocycles. The third-order valence-electron chi connectivity index (χ3n) is 3.81. The summed E-state index contributed by atoms with van der Waals surface area (Å²) >= 11 is 0. The summed E-state index contributed by atoms with van der Waals surface area (Å²) in [6.45, 7) is 7.97. The molecular weight excluding hydrogens is 244 g/mol. The van der Waals surface area contributed by atoms with Gasteiger partial charge in [-0.1, -0.05) is 32.0 Å². The first kappa shape index (κ1) is 15.0. The lowest BCUT2D eigenvalue weighted by Gasteiger charge is -2.19. The first-order valence-electron chi connectivity index (χ1n) is 7.76. The van der Waals surface area contributed by atoms with E-state index in [1.54, 1.807) is 0 Å². The molecule has 0 fully saturated rings. The summed E-state index contributed by atoms with van der Waals surface area (Å²) in [7, 11) is 0. The Morgan fingerprint density at radius 2 is 1.95 bits per heavy atom. The molecule has 2 aromatic rings. The Kier molecular flexibility index (Phi) is 5.54. The molecule has 2 heteroatoms. The fraction of sp³-hybridized carbons (Fsp3) is 0.500. The maximum absolute atomic E-state index is 4.44. The van der Waals surface area contributed by atoms with Crippen molar-refractivity contribution in [3.05, 3.63) is 42.1 Å². The number of pyridine rings is 1. The monoisotopic (exact) mass is 270 g/mol. The first-order valence-corrected chi connectivity index (χ1v) is 7.76. The molecule has 1 aromatic heterocycles. The normalized spacial score (nSPS) is 14.3. The highest BCUT2D eigenvalue weighted by atomic mass is 14.9. The Balaban J connectivity index is 2.01. The molecule has 2 unspecified atom stereocenters. The molecule has 1 aromatic carbocycles. The van der Waals surface area contributed by atoms with Gasteiger partial charge in [0.15, 0.2) is 0 Å². The summed E-state index contributed by atoms with van der Waals surface area (Å²) in [5.74, 6) is 0.681. The van der Waals surface area contributed by atoms with E-state index in [9.17, 15) is 0 Å². The van der Waals surface area contributed by atoms with Crippen LogP contribution in [0.25, 0.3) is 10.9 Å². The van der Waals surface area contributed by atoms with E-state index in [0.29, 0.717) is 12.0 Å². The average molecular weight is 270 g/mol. The molecule has 0 bridgehead atoms. The van der Waals surface area contributed by atoms with Crippen LogP contribution >= 0.6 is 0 Å². The maximum atomic E-state index is 4.44. The van der Waals surface area contributed by atoms with E-state index in [0.717, 1.165) is 18.5 Å². The minimum atomic E-state index is 0.595. The van der Waals surface area contributed by atoms with Gasteiger partial charge in [0.05, 0.1) is 5.52 Å². The molecule has 0 radical (unpaired) electrons. The van der Waals surface area contributed by atoms with Gasteiger partial charge < -0.3 is 5.32 Å². The van der Waals surface area contributed by atoms with E-state index in [2.05, 4.69) is 61.4 Å². The molecule has 0 amide bonds. The lowest BCUT2D eigenvalue weighted by molar-refractivity contribution is 0.420. The van der Waals surface area contributed by atoms with Crippen LogP contribution in [0.3, 0.4) is 0 Å². The molecule has 2 nitrogen and oxygen atoms in total. The second kappa shape index (κ2) is 7.39. The quantitative estimate of drug-likeness (QED) is 0.816. The minimum absolute atomic E-state index is 0.595. The number of para-hydroxylation sites is 1. The third kappa shape index (κ3) is 4.04. The number of hydrogen-bond acceptors (Lipinski definition) is 2. The Morgan fingerprint density at radius 1 is 1.15 bits per heavy atom. The smallest absolute Gasteiger partial charge is 0.0704 e. The van der Waals surface area contributed by atoms with Gasteiger partial charge in [0, 0.05) is 17.6 Å². The molecule has 0 aliphatic rings. The van der Waals surface area contributed by atoms with Crippen molar-refractivity contribution in [2.45, 2.75) is 46.1 Å². The molecule has 0 saturated carbocycles. The second-order valence-corrected chi connectivity index (χ2v) is 5.89. The van der Waals surface area contributed by atoms with Crippen molar-refractivity contribution in [1.82, 2.24) is 10.3 Å². The van der Waals surface area contributed by atoms with Gasteiger partial charge in [-0.3, -0.25) is 4.98 Å². The molecule has 2 atom stereocenters. The number of fused-ring (bicyclic) bond motifs is 1. The lowest BCUT2D eigenvalue weighted by Crippen LogP contribution is -2.28. The van der Waals surface area contributed by atoms with E-state index >= 15 is 0 Å². The predicted octanol–water partition coefficient (Wildman–Crippen LogP) is 4.19. The molecule has 0 spiro atoms.